The van der Waals surface area contributed by atoms with Gasteiger partial charge in [0.2, 0.25) is 0 Å². The summed E-state index contributed by atoms with van der Waals surface area (Å²) in [5.41, 5.74) is -2.04. The minimum absolute atomic E-state index is 0.0662. The molecule has 5 aliphatic carbocycles. The molecule has 40 heavy (non-hydrogen) atoms. The first-order valence-electron chi connectivity index (χ1n) is 14.9. The molecule has 6 fully saturated rings. The number of esters is 1. The van der Waals surface area contributed by atoms with Gasteiger partial charge in [-0.15, -0.1) is 0 Å². The number of likely N-dealkylation sites (tertiary alicyclic amines) is 1. The van der Waals surface area contributed by atoms with E-state index in [1.54, 1.807) is 45.6 Å². The van der Waals surface area contributed by atoms with Crippen LogP contribution in [-0.4, -0.2) is 109 Å². The van der Waals surface area contributed by atoms with E-state index in [1.807, 2.05) is 6.07 Å². The second kappa shape index (κ2) is 9.20. The van der Waals surface area contributed by atoms with Gasteiger partial charge in [0, 0.05) is 68.4 Å². The van der Waals surface area contributed by atoms with Crippen LogP contribution in [0.1, 0.15) is 36.5 Å². The van der Waals surface area contributed by atoms with Crippen LogP contribution in [0.5, 0.6) is 0 Å². The molecule has 0 radical (unpaired) electrons. The fourth-order valence-electron chi connectivity index (χ4n) is 11.6. The van der Waals surface area contributed by atoms with Crippen LogP contribution in [0.2, 0.25) is 0 Å². The number of aliphatic hydroxyl groups is 3. The molecule has 5 saturated carbocycles. The van der Waals surface area contributed by atoms with E-state index in [0.717, 1.165) is 19.5 Å². The summed E-state index contributed by atoms with van der Waals surface area (Å²) in [4.78, 5) is 15.9. The molecule has 0 aromatic heterocycles. The summed E-state index contributed by atoms with van der Waals surface area (Å²) in [6, 6.07) is 8.71. The van der Waals surface area contributed by atoms with Crippen LogP contribution in [0.15, 0.2) is 30.3 Å². The average molecular weight is 558 g/mol. The fourth-order valence-corrected chi connectivity index (χ4v) is 11.6. The van der Waals surface area contributed by atoms with E-state index in [1.165, 1.54) is 0 Å². The van der Waals surface area contributed by atoms with Crippen molar-refractivity contribution in [3.8, 4) is 0 Å². The van der Waals surface area contributed by atoms with E-state index in [2.05, 4.69) is 11.8 Å². The lowest BCUT2D eigenvalue weighted by Crippen LogP contribution is -2.78. The van der Waals surface area contributed by atoms with E-state index >= 15 is 0 Å². The number of aliphatic hydroxyl groups excluding tert-OH is 2. The summed E-state index contributed by atoms with van der Waals surface area (Å²) < 4.78 is 24.5. The number of hydrogen-bond acceptors (Lipinski definition) is 9. The van der Waals surface area contributed by atoms with E-state index in [-0.39, 0.29) is 29.2 Å². The number of piperidine rings is 1. The highest BCUT2D eigenvalue weighted by Gasteiger charge is 2.88. The Morgan fingerprint density at radius 1 is 1.05 bits per heavy atom. The molecule has 1 aromatic rings. The highest BCUT2D eigenvalue weighted by atomic mass is 16.6. The first-order chi connectivity index (χ1) is 19.3. The zero-order valence-corrected chi connectivity index (χ0v) is 23.8. The molecule has 220 valence electrons. The Bertz CT molecular complexity index is 1150. The lowest BCUT2D eigenvalue weighted by Gasteiger charge is -2.69. The molecular formula is C31H43NO8. The zero-order chi connectivity index (χ0) is 28.2. The first-order valence-corrected chi connectivity index (χ1v) is 14.9. The summed E-state index contributed by atoms with van der Waals surface area (Å²) in [6.45, 7) is 4.21. The molecule has 9 nitrogen and oxygen atoms in total. The van der Waals surface area contributed by atoms with Gasteiger partial charge in [0.1, 0.15) is 17.8 Å². The van der Waals surface area contributed by atoms with Gasteiger partial charge < -0.3 is 34.3 Å². The molecule has 7 bridgehead atoms. The average Bonchev–Trinajstić information content (AvgIpc) is 3.40. The van der Waals surface area contributed by atoms with Crippen molar-refractivity contribution in [1.29, 1.82) is 0 Å². The molecule has 1 aromatic carbocycles. The summed E-state index contributed by atoms with van der Waals surface area (Å²) in [5.74, 6) is -2.07. The van der Waals surface area contributed by atoms with Gasteiger partial charge in [-0.25, -0.2) is 4.79 Å². The summed E-state index contributed by atoms with van der Waals surface area (Å²) >= 11 is 0. The summed E-state index contributed by atoms with van der Waals surface area (Å²) in [5, 5.41) is 37.2. The first kappa shape index (κ1) is 27.3. The van der Waals surface area contributed by atoms with Crippen LogP contribution in [0.4, 0.5) is 0 Å². The van der Waals surface area contributed by atoms with Crippen LogP contribution in [0, 0.1) is 40.4 Å². The number of ether oxygens (including phenoxy) is 4. The van der Waals surface area contributed by atoms with Crippen molar-refractivity contribution in [2.75, 3.05) is 41.0 Å². The van der Waals surface area contributed by atoms with Gasteiger partial charge in [0.25, 0.3) is 0 Å². The number of nitrogens with zero attached hydrogens (tertiary/aromatic N) is 1. The Morgan fingerprint density at radius 3 is 2.42 bits per heavy atom. The SMILES string of the molecule is CCN1C[C@]2(COC)CC[C@H](O)[C@@]34[C@@H]5C[C@@H]6[C@@H](OC)[C@H](O)[C@@](O)([C@H]5[C@H]6OC(=O)c5ccccc5)[C@@H]([C@H](OC)[C@H]23)[C@@H]14. The standard InChI is InChI=1S/C31H43NO8/c1-5-32-14-29(15-37-2)12-11-19(33)30-18-13-17-22(40-28(35)16-9-7-6-8-10-16)20(18)31(36,27(34)23(17)38-3)21(26(30)32)24(39-4)25(29)30/h6-10,17-27,33-34,36H,5,11-15H2,1-4H3/t17-,18+,19-,20+,21-,22-,23+,24-,25+,26+,27-,29-,30-,31+/m0/s1. The molecule has 7 rings (SSSR count). The van der Waals surface area contributed by atoms with Gasteiger partial charge in [-0.3, -0.25) is 4.90 Å². The Labute approximate surface area is 235 Å². The molecule has 0 amide bonds. The van der Waals surface area contributed by atoms with Crippen molar-refractivity contribution < 1.29 is 39.1 Å². The third-order valence-electron chi connectivity index (χ3n) is 12.4. The number of rotatable bonds is 7. The van der Waals surface area contributed by atoms with Crippen LogP contribution >= 0.6 is 0 Å². The van der Waals surface area contributed by atoms with Gasteiger partial charge in [-0.1, -0.05) is 25.1 Å². The second-order valence-electron chi connectivity index (χ2n) is 13.4. The molecule has 1 saturated heterocycles. The van der Waals surface area contributed by atoms with Crippen molar-refractivity contribution in [3.05, 3.63) is 35.9 Å². The number of benzene rings is 1. The van der Waals surface area contributed by atoms with Crippen molar-refractivity contribution >= 4 is 5.97 Å². The van der Waals surface area contributed by atoms with Gasteiger partial charge in [0.15, 0.2) is 0 Å². The quantitative estimate of drug-likeness (QED) is 0.427. The number of carbonyl (C=O) groups is 1. The molecule has 1 heterocycles. The molecule has 6 aliphatic rings. The van der Waals surface area contributed by atoms with Crippen LogP contribution < -0.4 is 0 Å². The molecule has 14 atom stereocenters. The lowest BCUT2D eigenvalue weighted by atomic mass is 9.43. The third kappa shape index (κ3) is 3.00. The Kier molecular flexibility index (Phi) is 6.27. The topological polar surface area (TPSA) is 118 Å². The third-order valence-corrected chi connectivity index (χ3v) is 12.4. The zero-order valence-electron chi connectivity index (χ0n) is 23.8. The Morgan fingerprint density at radius 2 is 1.77 bits per heavy atom. The van der Waals surface area contributed by atoms with Gasteiger partial charge in [-0.05, 0) is 43.9 Å². The molecule has 1 spiro atoms. The van der Waals surface area contributed by atoms with Gasteiger partial charge >= 0.3 is 5.97 Å². The van der Waals surface area contributed by atoms with Crippen LogP contribution in [0.25, 0.3) is 0 Å². The Balaban J connectivity index is 1.43. The minimum Gasteiger partial charge on any atom is -0.458 e. The van der Waals surface area contributed by atoms with Crippen LogP contribution in [0.3, 0.4) is 0 Å². The summed E-state index contributed by atoms with van der Waals surface area (Å²) in [6.07, 6.45) is -1.53. The van der Waals surface area contributed by atoms with Gasteiger partial charge in [0.05, 0.1) is 30.5 Å². The highest BCUT2D eigenvalue weighted by molar-refractivity contribution is 5.89. The normalized spacial score (nSPS) is 52.0. The monoisotopic (exact) mass is 557 g/mol. The molecule has 3 N–H and O–H groups in total. The second-order valence-corrected chi connectivity index (χ2v) is 13.4. The van der Waals surface area contributed by atoms with Crippen molar-refractivity contribution in [3.63, 3.8) is 0 Å². The van der Waals surface area contributed by atoms with E-state index in [0.29, 0.717) is 25.0 Å². The number of carbonyl (C=O) groups excluding carboxylic acids is 1. The summed E-state index contributed by atoms with van der Waals surface area (Å²) in [7, 11) is 4.97. The maximum Gasteiger partial charge on any atom is 0.338 e. The number of hydrogen-bond donors (Lipinski definition) is 3. The van der Waals surface area contributed by atoms with E-state index < -0.39 is 59.3 Å². The van der Waals surface area contributed by atoms with Crippen molar-refractivity contribution in [2.45, 2.75) is 68.3 Å². The maximum atomic E-state index is 13.4. The fraction of sp³-hybridized carbons (Fsp3) is 0.774. The van der Waals surface area contributed by atoms with Gasteiger partial charge in [-0.2, -0.15) is 0 Å². The van der Waals surface area contributed by atoms with E-state index in [4.69, 9.17) is 18.9 Å². The predicted molar refractivity (Wildman–Crippen MR) is 143 cm³/mol. The maximum absolute atomic E-state index is 13.4. The van der Waals surface area contributed by atoms with E-state index in [9.17, 15) is 20.1 Å². The smallest absolute Gasteiger partial charge is 0.338 e. The molecular weight excluding hydrogens is 514 g/mol. The Hall–Kier alpha value is -1.59. The van der Waals surface area contributed by atoms with Crippen LogP contribution in [-0.2, 0) is 18.9 Å². The largest absolute Gasteiger partial charge is 0.458 e. The molecule has 9 heteroatoms. The number of fused-ring (bicyclic) bond motifs is 2. The van der Waals surface area contributed by atoms with Crippen molar-refractivity contribution in [2.24, 2.45) is 40.4 Å². The molecule has 0 unspecified atom stereocenters. The van der Waals surface area contributed by atoms with Crippen molar-refractivity contribution in [1.82, 2.24) is 4.90 Å². The predicted octanol–water partition coefficient (Wildman–Crippen LogP) is 1.34. The number of methoxy groups -OCH3 is 3. The highest BCUT2D eigenvalue weighted by Crippen LogP contribution is 2.79. The molecule has 1 aliphatic heterocycles. The lowest BCUT2D eigenvalue weighted by molar-refractivity contribution is -0.297. The minimum atomic E-state index is -1.63.